The molecule has 3 heterocycles. The summed E-state index contributed by atoms with van der Waals surface area (Å²) in [5.74, 6) is 1.22. The van der Waals surface area contributed by atoms with Crippen LogP contribution in [0.5, 0.6) is 0 Å². The molecule has 34 heavy (non-hydrogen) atoms. The lowest BCUT2D eigenvalue weighted by Crippen LogP contribution is -2.36. The molecule has 3 aromatic heterocycles. The molecule has 11 heteroatoms. The van der Waals surface area contributed by atoms with Crippen LogP contribution < -0.4 is 10.6 Å². The lowest BCUT2D eigenvalue weighted by molar-refractivity contribution is 0.0555. The molecule has 3 atom stereocenters. The van der Waals surface area contributed by atoms with E-state index in [9.17, 15) is 4.79 Å². The quantitative estimate of drug-likeness (QED) is 0.455. The monoisotopic (exact) mass is 471 g/mol. The number of aromatic nitrogens is 5. The number of fused-ring (bicyclic) bond motifs is 1. The van der Waals surface area contributed by atoms with Crippen LogP contribution in [0.2, 0.25) is 0 Å². The number of aromatic amines is 1. The lowest BCUT2D eigenvalue weighted by Gasteiger charge is -2.18. The first-order valence-corrected chi connectivity index (χ1v) is 11.7. The van der Waals surface area contributed by atoms with E-state index in [-0.39, 0.29) is 6.04 Å². The molecule has 2 aliphatic carbocycles. The van der Waals surface area contributed by atoms with Gasteiger partial charge in [-0.2, -0.15) is 10.2 Å². The van der Waals surface area contributed by atoms with E-state index in [1.807, 2.05) is 30.6 Å². The molecule has 2 aliphatic rings. The summed E-state index contributed by atoms with van der Waals surface area (Å²) in [5.41, 5.74) is 3.27. The van der Waals surface area contributed by atoms with E-state index in [4.69, 9.17) is 14.5 Å². The minimum Gasteiger partial charge on any atom is -0.443 e. The van der Waals surface area contributed by atoms with E-state index in [2.05, 4.69) is 25.9 Å². The van der Waals surface area contributed by atoms with Crippen LogP contribution in [0.25, 0.3) is 5.52 Å². The number of nitrogens with one attached hydrogen (secondary N) is 3. The zero-order valence-corrected chi connectivity index (χ0v) is 19.5. The molecular formula is C23H30FN7O3. The first-order valence-electron chi connectivity index (χ1n) is 11.7. The predicted octanol–water partition coefficient (Wildman–Crippen LogP) is 3.94. The average Bonchev–Trinajstić information content (AvgIpc) is 3.24. The molecule has 3 aromatic rings. The topological polar surface area (TPSA) is 118 Å². The fourth-order valence-electron chi connectivity index (χ4n) is 4.44. The fraction of sp³-hybridized carbons (Fsp3) is 0.565. The van der Waals surface area contributed by atoms with Crippen molar-refractivity contribution in [1.29, 1.82) is 0 Å². The Hall–Kier alpha value is -3.21. The van der Waals surface area contributed by atoms with E-state index in [0.717, 1.165) is 29.7 Å². The van der Waals surface area contributed by atoms with Gasteiger partial charge < -0.3 is 20.1 Å². The zero-order chi connectivity index (χ0) is 23.8. The molecular weight excluding hydrogens is 441 g/mol. The van der Waals surface area contributed by atoms with E-state index in [0.29, 0.717) is 42.7 Å². The number of alkyl halides is 1. The highest BCUT2D eigenvalue weighted by Crippen LogP contribution is 2.41. The highest BCUT2D eigenvalue weighted by atomic mass is 19.1. The Labute approximate surface area is 196 Å². The van der Waals surface area contributed by atoms with E-state index in [1.165, 1.54) is 0 Å². The Kier molecular flexibility index (Phi) is 6.11. The molecule has 5 rings (SSSR count). The summed E-state index contributed by atoms with van der Waals surface area (Å²) >= 11 is 0. The maximum absolute atomic E-state index is 15.1. The highest BCUT2D eigenvalue weighted by molar-refractivity contribution is 5.73. The van der Waals surface area contributed by atoms with Gasteiger partial charge in [-0.3, -0.25) is 5.10 Å². The van der Waals surface area contributed by atoms with Crippen LogP contribution >= 0.6 is 0 Å². The van der Waals surface area contributed by atoms with Gasteiger partial charge in [0.2, 0.25) is 0 Å². The van der Waals surface area contributed by atoms with Gasteiger partial charge in [0, 0.05) is 36.7 Å². The van der Waals surface area contributed by atoms with Crippen LogP contribution in [-0.2, 0) is 16.1 Å². The SMILES string of the molecule is COCc1cc2c(Nc3cc([C@H]4CC[C@@H](OC(=O)NC(C)C)[C@H]4F)[nH]n3)nc(C3CC3)cn2n1. The molecule has 2 saturated carbocycles. The zero-order valence-electron chi connectivity index (χ0n) is 19.5. The van der Waals surface area contributed by atoms with Crippen molar-refractivity contribution < 1.29 is 18.7 Å². The number of hydrogen-bond acceptors (Lipinski definition) is 7. The van der Waals surface area contributed by atoms with Gasteiger partial charge in [-0.15, -0.1) is 0 Å². The number of ether oxygens (including phenoxy) is 2. The summed E-state index contributed by atoms with van der Waals surface area (Å²) in [7, 11) is 1.63. The first kappa shape index (κ1) is 22.6. The van der Waals surface area contributed by atoms with Crippen LogP contribution in [0.4, 0.5) is 20.8 Å². The van der Waals surface area contributed by atoms with Gasteiger partial charge in [0.1, 0.15) is 17.8 Å². The first-order chi connectivity index (χ1) is 16.4. The van der Waals surface area contributed by atoms with Crippen molar-refractivity contribution in [1.82, 2.24) is 30.1 Å². The maximum atomic E-state index is 15.1. The minimum absolute atomic E-state index is 0.0659. The van der Waals surface area contributed by atoms with Crippen LogP contribution in [0.3, 0.4) is 0 Å². The van der Waals surface area contributed by atoms with Gasteiger partial charge in [-0.05, 0) is 45.6 Å². The number of alkyl carbamates (subject to hydrolysis) is 1. The molecule has 0 unspecified atom stereocenters. The molecule has 0 saturated heterocycles. The second kappa shape index (κ2) is 9.21. The van der Waals surface area contributed by atoms with Gasteiger partial charge in [-0.1, -0.05) is 0 Å². The second-order valence-corrected chi connectivity index (χ2v) is 9.39. The lowest BCUT2D eigenvalue weighted by atomic mass is 10.0. The number of carbonyl (C=O) groups is 1. The van der Waals surface area contributed by atoms with Crippen LogP contribution in [0, 0.1) is 0 Å². The minimum atomic E-state index is -1.30. The molecule has 182 valence electrons. The van der Waals surface area contributed by atoms with Crippen molar-refractivity contribution in [2.24, 2.45) is 0 Å². The van der Waals surface area contributed by atoms with Crippen molar-refractivity contribution in [2.75, 3.05) is 12.4 Å². The van der Waals surface area contributed by atoms with Gasteiger partial charge in [0.25, 0.3) is 0 Å². The van der Waals surface area contributed by atoms with Gasteiger partial charge in [0.05, 0.1) is 24.2 Å². The average molecular weight is 472 g/mol. The van der Waals surface area contributed by atoms with Crippen molar-refractivity contribution in [2.45, 2.75) is 76.3 Å². The number of anilines is 2. The molecule has 0 aliphatic heterocycles. The molecule has 0 spiro atoms. The number of rotatable bonds is 8. The summed E-state index contributed by atoms with van der Waals surface area (Å²) in [4.78, 5) is 16.7. The Balaban J connectivity index is 1.32. The van der Waals surface area contributed by atoms with Crippen LogP contribution in [0.15, 0.2) is 18.3 Å². The number of nitrogens with zero attached hydrogens (tertiary/aromatic N) is 4. The molecule has 10 nitrogen and oxygen atoms in total. The third kappa shape index (κ3) is 4.70. The van der Waals surface area contributed by atoms with Crippen LogP contribution in [0.1, 0.15) is 68.4 Å². The van der Waals surface area contributed by atoms with Gasteiger partial charge >= 0.3 is 6.09 Å². The van der Waals surface area contributed by atoms with Crippen molar-refractivity contribution in [3.63, 3.8) is 0 Å². The molecule has 0 radical (unpaired) electrons. The number of H-pyrrole nitrogens is 1. The highest BCUT2D eigenvalue weighted by Gasteiger charge is 2.41. The number of halogens is 1. The van der Waals surface area contributed by atoms with Gasteiger partial charge in [0.15, 0.2) is 11.6 Å². The summed E-state index contributed by atoms with van der Waals surface area (Å²) in [6, 6.07) is 3.66. The van der Waals surface area contributed by atoms with E-state index < -0.39 is 24.3 Å². The molecule has 2 fully saturated rings. The maximum Gasteiger partial charge on any atom is 0.407 e. The predicted molar refractivity (Wildman–Crippen MR) is 123 cm³/mol. The standard InChI is InChI=1S/C23H30FN7O3/c1-12(2)25-23(32)34-19-7-6-15(21(19)24)16-9-20(29-28-16)27-22-18-8-14(11-33-3)30-31(18)10-17(26-22)13-4-5-13/h8-10,12-13,15,19,21H,4-7,11H2,1-3H3,(H,25,32)(H2,26,27,28,29)/t15-,19-,21+/m1/s1. The normalized spacial score (nSPS) is 22.4. The Morgan fingerprint density at radius 3 is 2.85 bits per heavy atom. The third-order valence-electron chi connectivity index (χ3n) is 6.22. The Bertz CT molecular complexity index is 1170. The van der Waals surface area contributed by atoms with Crippen molar-refractivity contribution in [3.8, 4) is 0 Å². The fourth-order valence-corrected chi connectivity index (χ4v) is 4.44. The number of carbonyl (C=O) groups excluding carboxylic acids is 1. The molecule has 0 bridgehead atoms. The molecule has 3 N–H and O–H groups in total. The Morgan fingerprint density at radius 1 is 1.29 bits per heavy atom. The summed E-state index contributed by atoms with van der Waals surface area (Å²) in [6.45, 7) is 4.07. The van der Waals surface area contributed by atoms with Crippen molar-refractivity contribution >= 4 is 23.2 Å². The number of hydrogen-bond donors (Lipinski definition) is 3. The van der Waals surface area contributed by atoms with Crippen molar-refractivity contribution in [3.05, 3.63) is 35.4 Å². The second-order valence-electron chi connectivity index (χ2n) is 9.39. The third-order valence-corrected chi connectivity index (χ3v) is 6.22. The van der Waals surface area contributed by atoms with Crippen LogP contribution in [-0.4, -0.2) is 56.3 Å². The largest absolute Gasteiger partial charge is 0.443 e. The van der Waals surface area contributed by atoms with Gasteiger partial charge in [-0.25, -0.2) is 18.7 Å². The smallest absolute Gasteiger partial charge is 0.407 e. The molecule has 1 amide bonds. The number of amides is 1. The van der Waals surface area contributed by atoms with E-state index in [1.54, 1.807) is 13.2 Å². The number of methoxy groups -OCH3 is 1. The summed E-state index contributed by atoms with van der Waals surface area (Å²) in [6.07, 6.45) is 2.56. The molecule has 0 aromatic carbocycles. The summed E-state index contributed by atoms with van der Waals surface area (Å²) < 4.78 is 27.4. The summed E-state index contributed by atoms with van der Waals surface area (Å²) in [5, 5.41) is 17.8. The van der Waals surface area contributed by atoms with E-state index >= 15 is 4.39 Å². The Morgan fingerprint density at radius 2 is 2.12 bits per heavy atom.